The molecule has 4 rings (SSSR count). The Bertz CT molecular complexity index is 1490. The predicted octanol–water partition coefficient (Wildman–Crippen LogP) is 4.14. The number of ether oxygens (including phenoxy) is 1. The third-order valence-electron chi connectivity index (χ3n) is 8.08. The van der Waals surface area contributed by atoms with E-state index >= 15 is 0 Å². The van der Waals surface area contributed by atoms with Gasteiger partial charge in [0, 0.05) is 11.9 Å². The van der Waals surface area contributed by atoms with Crippen LogP contribution in [0.25, 0.3) is 17.0 Å². The number of esters is 1. The predicted molar refractivity (Wildman–Crippen MR) is 177 cm³/mol. The van der Waals surface area contributed by atoms with Crippen LogP contribution in [0.5, 0.6) is 0 Å². The summed E-state index contributed by atoms with van der Waals surface area (Å²) in [5, 5.41) is 17.7. The fraction of sp³-hybridized carbons (Fsp3) is 0.531. The van der Waals surface area contributed by atoms with Gasteiger partial charge in [-0.15, -0.1) is 0 Å². The number of aromatic nitrogens is 1. The van der Waals surface area contributed by atoms with Gasteiger partial charge in [-0.05, 0) is 63.1 Å². The number of aliphatic hydroxyl groups is 1. The fourth-order valence-electron chi connectivity index (χ4n) is 5.13. The summed E-state index contributed by atoms with van der Waals surface area (Å²) in [5.41, 5.74) is 4.28. The summed E-state index contributed by atoms with van der Waals surface area (Å²) < 4.78 is 3.28. The molecule has 2 heterocycles. The standard InChI is InChI=1S/C32H40Cl3N5O6/c1-18(2)26(27(42)36-19(3)28(43)40-15-5-6-24(39-40)29(44)46-17-32(33,34)35)38-30(45)31(13-14-31)12-11-21-7-8-22-9-10-23(20(4)41)37-25(22)16-21/h7-12,16,18-20,24,26,39,41H,5-6,13-15,17H2,1-4H3,(H,36,42)(H,38,45)/b12-11+/t19-,20+,24-,26-/m0/s1. The molecule has 1 aliphatic carbocycles. The molecule has 1 saturated heterocycles. The smallest absolute Gasteiger partial charge is 0.325 e. The Hall–Kier alpha value is -2.96. The van der Waals surface area contributed by atoms with Crippen molar-refractivity contribution in [3.63, 3.8) is 0 Å². The highest BCUT2D eigenvalue weighted by Crippen LogP contribution is 2.48. The Balaban J connectivity index is 1.35. The molecule has 4 atom stereocenters. The monoisotopic (exact) mass is 695 g/mol. The van der Waals surface area contributed by atoms with Crippen LogP contribution in [0.15, 0.2) is 36.4 Å². The molecular weight excluding hydrogens is 657 g/mol. The molecule has 250 valence electrons. The maximum Gasteiger partial charge on any atom is 0.325 e. The number of pyridine rings is 1. The second-order valence-corrected chi connectivity index (χ2v) is 14.8. The Morgan fingerprint density at radius 3 is 2.46 bits per heavy atom. The van der Waals surface area contributed by atoms with Crippen molar-refractivity contribution in [2.24, 2.45) is 11.3 Å². The lowest BCUT2D eigenvalue weighted by Gasteiger charge is -2.34. The van der Waals surface area contributed by atoms with Crippen LogP contribution < -0.4 is 16.1 Å². The van der Waals surface area contributed by atoms with Gasteiger partial charge in [0.1, 0.15) is 24.7 Å². The van der Waals surface area contributed by atoms with Crippen LogP contribution in [0.1, 0.15) is 70.7 Å². The first-order chi connectivity index (χ1) is 21.6. The zero-order valence-corrected chi connectivity index (χ0v) is 28.5. The Morgan fingerprint density at radius 2 is 1.83 bits per heavy atom. The van der Waals surface area contributed by atoms with Crippen molar-refractivity contribution in [3.8, 4) is 0 Å². The van der Waals surface area contributed by atoms with Crippen molar-refractivity contribution in [2.75, 3.05) is 13.2 Å². The van der Waals surface area contributed by atoms with E-state index in [1.165, 1.54) is 5.01 Å². The van der Waals surface area contributed by atoms with Crippen LogP contribution in [0.4, 0.5) is 0 Å². The van der Waals surface area contributed by atoms with Gasteiger partial charge in [-0.3, -0.25) is 29.2 Å². The molecule has 3 amide bonds. The topological polar surface area (TPSA) is 150 Å². The molecule has 11 nitrogen and oxygen atoms in total. The normalized spacial score (nSPS) is 19.8. The van der Waals surface area contributed by atoms with E-state index in [0.717, 1.165) is 16.5 Å². The highest BCUT2D eigenvalue weighted by atomic mass is 35.6. The number of aliphatic hydroxyl groups excluding tert-OH is 1. The lowest BCUT2D eigenvalue weighted by molar-refractivity contribution is -0.152. The second kappa shape index (κ2) is 14.9. The maximum atomic E-state index is 13.4. The molecule has 2 fully saturated rings. The van der Waals surface area contributed by atoms with E-state index in [9.17, 15) is 24.3 Å². The maximum absolute atomic E-state index is 13.4. The average Bonchev–Trinajstić information content (AvgIpc) is 3.81. The minimum absolute atomic E-state index is 0.258. The molecule has 0 unspecified atom stereocenters. The number of benzene rings is 1. The van der Waals surface area contributed by atoms with E-state index in [1.54, 1.807) is 19.9 Å². The number of rotatable bonds is 11. The first-order valence-electron chi connectivity index (χ1n) is 15.3. The number of hydrogen-bond donors (Lipinski definition) is 4. The van der Waals surface area contributed by atoms with Crippen molar-refractivity contribution in [1.82, 2.24) is 26.1 Å². The van der Waals surface area contributed by atoms with Gasteiger partial charge in [0.2, 0.25) is 15.6 Å². The summed E-state index contributed by atoms with van der Waals surface area (Å²) in [6.07, 6.45) is 5.27. The van der Waals surface area contributed by atoms with Crippen molar-refractivity contribution in [1.29, 1.82) is 0 Å². The van der Waals surface area contributed by atoms with Gasteiger partial charge in [0.15, 0.2) is 0 Å². The summed E-state index contributed by atoms with van der Waals surface area (Å²) in [6, 6.07) is 6.84. The summed E-state index contributed by atoms with van der Waals surface area (Å²) in [5.74, 6) is -2.12. The van der Waals surface area contributed by atoms with E-state index in [4.69, 9.17) is 39.5 Å². The number of hydrazine groups is 1. The number of alkyl halides is 3. The van der Waals surface area contributed by atoms with E-state index in [1.807, 2.05) is 50.3 Å². The molecule has 14 heteroatoms. The van der Waals surface area contributed by atoms with Crippen LogP contribution in [-0.4, -0.2) is 73.9 Å². The molecule has 0 bridgehead atoms. The molecular formula is C32H40Cl3N5O6. The number of amides is 3. The first-order valence-corrected chi connectivity index (χ1v) is 16.4. The molecule has 1 saturated carbocycles. The Kier molecular flexibility index (Phi) is 11.6. The number of nitrogens with zero attached hydrogens (tertiary/aromatic N) is 2. The zero-order chi connectivity index (χ0) is 33.8. The van der Waals surface area contributed by atoms with Gasteiger partial charge in [0.25, 0.3) is 5.91 Å². The summed E-state index contributed by atoms with van der Waals surface area (Å²) in [4.78, 5) is 56.9. The number of carbonyl (C=O) groups is 4. The number of carbonyl (C=O) groups excluding carboxylic acids is 4. The number of hydrogen-bond acceptors (Lipinski definition) is 8. The summed E-state index contributed by atoms with van der Waals surface area (Å²) >= 11 is 17.0. The van der Waals surface area contributed by atoms with Gasteiger partial charge < -0.3 is 20.5 Å². The zero-order valence-electron chi connectivity index (χ0n) is 26.2. The quantitative estimate of drug-likeness (QED) is 0.202. The molecule has 4 N–H and O–H groups in total. The molecule has 2 aliphatic rings. The lowest BCUT2D eigenvalue weighted by atomic mass is 9.99. The van der Waals surface area contributed by atoms with E-state index < -0.39 is 57.8 Å². The fourth-order valence-corrected chi connectivity index (χ4v) is 5.30. The third kappa shape index (κ3) is 9.32. The van der Waals surface area contributed by atoms with Crippen LogP contribution in [-0.2, 0) is 23.9 Å². The highest BCUT2D eigenvalue weighted by Gasteiger charge is 2.48. The van der Waals surface area contributed by atoms with Gasteiger partial charge in [-0.25, -0.2) is 5.43 Å². The minimum Gasteiger partial charge on any atom is -0.460 e. The molecule has 1 aromatic heterocycles. The van der Waals surface area contributed by atoms with Crippen LogP contribution in [0.3, 0.4) is 0 Å². The van der Waals surface area contributed by atoms with E-state index in [0.29, 0.717) is 37.9 Å². The summed E-state index contributed by atoms with van der Waals surface area (Å²) in [7, 11) is 0. The van der Waals surface area contributed by atoms with Gasteiger partial charge >= 0.3 is 5.97 Å². The molecule has 1 aliphatic heterocycles. The third-order valence-corrected chi connectivity index (χ3v) is 8.41. The summed E-state index contributed by atoms with van der Waals surface area (Å²) in [6.45, 7) is 6.73. The van der Waals surface area contributed by atoms with Crippen molar-refractivity contribution < 1.29 is 29.0 Å². The molecule has 2 aromatic rings. The molecule has 1 aromatic carbocycles. The van der Waals surface area contributed by atoms with E-state index in [-0.39, 0.29) is 11.8 Å². The SMILES string of the molecule is CC(C)[C@H](NC(=O)C1(/C=C/c2ccc3ccc([C@@H](C)O)nc3c2)CC1)C(=O)N[C@@H](C)C(=O)N1CCC[C@@H](C(=O)OCC(Cl)(Cl)Cl)N1. The Labute approximate surface area is 283 Å². The van der Waals surface area contributed by atoms with Crippen molar-refractivity contribution >= 4 is 75.5 Å². The number of halogens is 3. The lowest BCUT2D eigenvalue weighted by Crippen LogP contribution is -2.61. The van der Waals surface area contributed by atoms with Crippen LogP contribution in [0.2, 0.25) is 0 Å². The van der Waals surface area contributed by atoms with Crippen LogP contribution in [0, 0.1) is 11.3 Å². The molecule has 0 spiro atoms. The average molecular weight is 697 g/mol. The van der Waals surface area contributed by atoms with E-state index in [2.05, 4.69) is 21.0 Å². The largest absolute Gasteiger partial charge is 0.460 e. The van der Waals surface area contributed by atoms with Gasteiger partial charge in [-0.1, -0.05) is 79.0 Å². The molecule has 46 heavy (non-hydrogen) atoms. The molecule has 0 radical (unpaired) electrons. The van der Waals surface area contributed by atoms with Gasteiger partial charge in [-0.2, -0.15) is 0 Å². The minimum atomic E-state index is -1.75. The van der Waals surface area contributed by atoms with Gasteiger partial charge in [0.05, 0.1) is 22.7 Å². The number of nitrogens with one attached hydrogen (secondary N) is 3. The second-order valence-electron chi connectivity index (χ2n) is 12.3. The Morgan fingerprint density at radius 1 is 1.13 bits per heavy atom. The van der Waals surface area contributed by atoms with Crippen LogP contribution >= 0.6 is 34.8 Å². The highest BCUT2D eigenvalue weighted by molar-refractivity contribution is 6.67. The number of fused-ring (bicyclic) bond motifs is 1. The van der Waals surface area contributed by atoms with Crippen molar-refractivity contribution in [2.45, 2.75) is 81.4 Å². The van der Waals surface area contributed by atoms with Crippen molar-refractivity contribution in [3.05, 3.63) is 47.7 Å². The first kappa shape index (κ1) is 35.9.